The zero-order valence-electron chi connectivity index (χ0n) is 7.46. The van der Waals surface area contributed by atoms with Crippen molar-refractivity contribution in [1.82, 2.24) is 0 Å². The summed E-state index contributed by atoms with van der Waals surface area (Å²) >= 11 is 5.84. The monoisotopic (exact) mass is 205 g/mol. The van der Waals surface area contributed by atoms with Gasteiger partial charge in [0.15, 0.2) is 0 Å². The number of benzene rings is 1. The SMILES string of the molecule is N#Cc1ccc(Cl)cc1C1CC(=O)C1. The van der Waals surface area contributed by atoms with E-state index in [4.69, 9.17) is 16.9 Å². The highest BCUT2D eigenvalue weighted by atomic mass is 35.5. The minimum absolute atomic E-state index is 0.204. The molecule has 1 aromatic carbocycles. The summed E-state index contributed by atoms with van der Waals surface area (Å²) in [7, 11) is 0. The highest BCUT2D eigenvalue weighted by Gasteiger charge is 2.29. The molecule has 1 aliphatic carbocycles. The Bertz CT molecular complexity index is 425. The van der Waals surface area contributed by atoms with Gasteiger partial charge in [-0.15, -0.1) is 0 Å². The second kappa shape index (κ2) is 3.43. The summed E-state index contributed by atoms with van der Waals surface area (Å²) < 4.78 is 0. The van der Waals surface area contributed by atoms with Gasteiger partial charge in [0.25, 0.3) is 0 Å². The number of nitrogens with zero attached hydrogens (tertiary/aromatic N) is 1. The van der Waals surface area contributed by atoms with Crippen molar-refractivity contribution in [3.63, 3.8) is 0 Å². The third kappa shape index (κ3) is 1.51. The Morgan fingerprint density at radius 1 is 1.43 bits per heavy atom. The fourth-order valence-corrected chi connectivity index (χ4v) is 1.86. The summed E-state index contributed by atoms with van der Waals surface area (Å²) in [4.78, 5) is 10.9. The smallest absolute Gasteiger partial charge is 0.134 e. The maximum atomic E-state index is 10.9. The van der Waals surface area contributed by atoms with E-state index in [1.165, 1.54) is 0 Å². The van der Waals surface area contributed by atoms with Crippen LogP contribution < -0.4 is 0 Å². The van der Waals surface area contributed by atoms with Crippen molar-refractivity contribution in [2.45, 2.75) is 18.8 Å². The van der Waals surface area contributed by atoms with Gasteiger partial charge in [0, 0.05) is 17.9 Å². The zero-order chi connectivity index (χ0) is 10.1. The molecule has 0 radical (unpaired) electrons. The average molecular weight is 206 g/mol. The van der Waals surface area contributed by atoms with Gasteiger partial charge in [0.2, 0.25) is 0 Å². The van der Waals surface area contributed by atoms with Gasteiger partial charge in [-0.1, -0.05) is 11.6 Å². The maximum absolute atomic E-state index is 10.9. The zero-order valence-corrected chi connectivity index (χ0v) is 8.21. The van der Waals surface area contributed by atoms with Crippen LogP contribution in [0.5, 0.6) is 0 Å². The molecule has 70 valence electrons. The molecule has 0 atom stereocenters. The predicted octanol–water partition coefficient (Wildman–Crippen LogP) is 2.66. The van der Waals surface area contributed by atoms with E-state index in [-0.39, 0.29) is 11.7 Å². The summed E-state index contributed by atoms with van der Waals surface area (Å²) in [5, 5.41) is 9.49. The third-order valence-electron chi connectivity index (χ3n) is 2.52. The van der Waals surface area contributed by atoms with Crippen LogP contribution in [0.3, 0.4) is 0 Å². The van der Waals surface area contributed by atoms with Crippen LogP contribution in [0.4, 0.5) is 0 Å². The number of nitriles is 1. The molecule has 0 aromatic heterocycles. The molecule has 2 nitrogen and oxygen atoms in total. The molecule has 0 heterocycles. The minimum Gasteiger partial charge on any atom is -0.300 e. The molecule has 1 aromatic rings. The maximum Gasteiger partial charge on any atom is 0.134 e. The van der Waals surface area contributed by atoms with E-state index in [0.29, 0.717) is 23.4 Å². The van der Waals surface area contributed by atoms with Gasteiger partial charge in [-0.2, -0.15) is 5.26 Å². The molecule has 0 bridgehead atoms. The van der Waals surface area contributed by atoms with Crippen molar-refractivity contribution >= 4 is 17.4 Å². The molecule has 0 unspecified atom stereocenters. The molecule has 2 rings (SSSR count). The van der Waals surface area contributed by atoms with Gasteiger partial charge in [0.1, 0.15) is 5.78 Å². The molecule has 1 aliphatic rings. The third-order valence-corrected chi connectivity index (χ3v) is 2.76. The predicted molar refractivity (Wildman–Crippen MR) is 53.1 cm³/mol. The molecule has 0 spiro atoms. The summed E-state index contributed by atoms with van der Waals surface area (Å²) in [5.41, 5.74) is 1.55. The van der Waals surface area contributed by atoms with Crippen molar-refractivity contribution in [3.8, 4) is 6.07 Å². The average Bonchev–Trinajstić information content (AvgIpc) is 2.13. The number of Topliss-reactive ketones (excluding diaryl/α,β-unsaturated/α-hetero) is 1. The van der Waals surface area contributed by atoms with Crippen LogP contribution in [0.25, 0.3) is 0 Å². The fraction of sp³-hybridized carbons (Fsp3) is 0.273. The van der Waals surface area contributed by atoms with Gasteiger partial charge in [-0.05, 0) is 29.7 Å². The van der Waals surface area contributed by atoms with Gasteiger partial charge in [-0.25, -0.2) is 0 Å². The van der Waals surface area contributed by atoms with Crippen molar-refractivity contribution in [2.75, 3.05) is 0 Å². The Balaban J connectivity index is 2.36. The van der Waals surface area contributed by atoms with Crippen LogP contribution in [-0.2, 0) is 4.79 Å². The van der Waals surface area contributed by atoms with Crippen molar-refractivity contribution in [3.05, 3.63) is 34.3 Å². The number of ketones is 1. The Labute approximate surface area is 87.1 Å². The normalized spacial score (nSPS) is 16.1. The largest absolute Gasteiger partial charge is 0.300 e. The summed E-state index contributed by atoms with van der Waals surface area (Å²) in [6, 6.07) is 7.31. The van der Waals surface area contributed by atoms with E-state index < -0.39 is 0 Å². The molecule has 0 saturated heterocycles. The first-order chi connectivity index (χ1) is 6.70. The van der Waals surface area contributed by atoms with E-state index in [2.05, 4.69) is 6.07 Å². The molecular weight excluding hydrogens is 198 g/mol. The first-order valence-electron chi connectivity index (χ1n) is 4.42. The van der Waals surface area contributed by atoms with E-state index in [1.807, 2.05) is 0 Å². The molecular formula is C11H8ClNO. The molecule has 0 N–H and O–H groups in total. The van der Waals surface area contributed by atoms with Crippen LogP contribution in [-0.4, -0.2) is 5.78 Å². The highest BCUT2D eigenvalue weighted by molar-refractivity contribution is 6.30. The van der Waals surface area contributed by atoms with Crippen LogP contribution in [0.15, 0.2) is 18.2 Å². The molecule has 1 fully saturated rings. The Hall–Kier alpha value is -1.33. The van der Waals surface area contributed by atoms with Gasteiger partial charge < -0.3 is 0 Å². The Morgan fingerprint density at radius 2 is 2.14 bits per heavy atom. The van der Waals surface area contributed by atoms with Gasteiger partial charge >= 0.3 is 0 Å². The Kier molecular flexibility index (Phi) is 2.26. The summed E-state index contributed by atoms with van der Waals surface area (Å²) in [6.07, 6.45) is 1.10. The minimum atomic E-state index is 0.204. The lowest BCUT2D eigenvalue weighted by molar-refractivity contribution is -0.124. The molecule has 3 heteroatoms. The van der Waals surface area contributed by atoms with Crippen LogP contribution >= 0.6 is 11.6 Å². The van der Waals surface area contributed by atoms with Crippen LogP contribution in [0.1, 0.15) is 29.9 Å². The lowest BCUT2D eigenvalue weighted by Crippen LogP contribution is -2.21. The van der Waals surface area contributed by atoms with E-state index >= 15 is 0 Å². The van der Waals surface area contributed by atoms with Gasteiger partial charge in [-0.3, -0.25) is 4.79 Å². The molecule has 0 amide bonds. The topological polar surface area (TPSA) is 40.9 Å². The number of carbonyl (C=O) groups excluding carboxylic acids is 1. The van der Waals surface area contributed by atoms with Crippen LogP contribution in [0, 0.1) is 11.3 Å². The van der Waals surface area contributed by atoms with E-state index in [0.717, 1.165) is 5.56 Å². The number of halogens is 1. The molecule has 1 saturated carbocycles. The standard InChI is InChI=1S/C11H8ClNO/c12-9-2-1-7(6-13)11(5-9)8-3-10(14)4-8/h1-2,5,8H,3-4H2. The number of hydrogen-bond acceptors (Lipinski definition) is 2. The first kappa shape index (κ1) is 9.23. The summed E-state index contributed by atoms with van der Waals surface area (Å²) in [6.45, 7) is 0. The number of carbonyl (C=O) groups is 1. The fourth-order valence-electron chi connectivity index (χ4n) is 1.68. The number of rotatable bonds is 1. The first-order valence-corrected chi connectivity index (χ1v) is 4.79. The summed E-state index contributed by atoms with van der Waals surface area (Å²) in [5.74, 6) is 0.467. The molecule has 0 aliphatic heterocycles. The number of hydrogen-bond donors (Lipinski definition) is 0. The Morgan fingerprint density at radius 3 is 2.71 bits per heavy atom. The molecule has 14 heavy (non-hydrogen) atoms. The van der Waals surface area contributed by atoms with E-state index in [1.54, 1.807) is 18.2 Å². The second-order valence-electron chi connectivity index (χ2n) is 3.49. The lowest BCUT2D eigenvalue weighted by atomic mass is 9.77. The second-order valence-corrected chi connectivity index (χ2v) is 3.92. The van der Waals surface area contributed by atoms with E-state index in [9.17, 15) is 4.79 Å². The highest BCUT2D eigenvalue weighted by Crippen LogP contribution is 2.36. The van der Waals surface area contributed by atoms with Crippen molar-refractivity contribution < 1.29 is 4.79 Å². The van der Waals surface area contributed by atoms with Crippen molar-refractivity contribution in [2.24, 2.45) is 0 Å². The van der Waals surface area contributed by atoms with Gasteiger partial charge in [0.05, 0.1) is 11.6 Å². The lowest BCUT2D eigenvalue weighted by Gasteiger charge is -2.25. The quantitative estimate of drug-likeness (QED) is 0.707. The van der Waals surface area contributed by atoms with Crippen LogP contribution in [0.2, 0.25) is 5.02 Å². The van der Waals surface area contributed by atoms with Crippen molar-refractivity contribution in [1.29, 1.82) is 5.26 Å².